The van der Waals surface area contributed by atoms with Gasteiger partial charge in [-0.3, -0.25) is 0 Å². The lowest BCUT2D eigenvalue weighted by Gasteiger charge is -2.22. The van der Waals surface area contributed by atoms with Crippen LogP contribution >= 0.6 is 0 Å². The van der Waals surface area contributed by atoms with E-state index in [9.17, 15) is 0 Å². The van der Waals surface area contributed by atoms with Gasteiger partial charge in [-0.15, -0.1) is 0 Å². The Morgan fingerprint density at radius 3 is 1.75 bits per heavy atom. The first-order valence-corrected chi connectivity index (χ1v) is 14.6. The van der Waals surface area contributed by atoms with E-state index in [2.05, 4.69) is 39.8 Å². The van der Waals surface area contributed by atoms with Gasteiger partial charge in [0.05, 0.1) is 0 Å². The zero-order chi connectivity index (χ0) is 22.5. The molecule has 32 heavy (non-hydrogen) atoms. The van der Waals surface area contributed by atoms with Crippen LogP contribution in [0.5, 0.6) is 0 Å². The van der Waals surface area contributed by atoms with Crippen LogP contribution in [-0.2, 0) is 0 Å². The van der Waals surface area contributed by atoms with E-state index in [0.29, 0.717) is 0 Å². The highest BCUT2D eigenvalue weighted by Gasteiger charge is 2.72. The molecule has 8 rings (SSSR count). The Morgan fingerprint density at radius 1 is 0.656 bits per heavy atom. The van der Waals surface area contributed by atoms with Crippen molar-refractivity contribution in [1.29, 1.82) is 0 Å². The molecule has 0 aromatic heterocycles. The van der Waals surface area contributed by atoms with Gasteiger partial charge in [-0.2, -0.15) is 0 Å². The van der Waals surface area contributed by atoms with Gasteiger partial charge >= 0.3 is 0 Å². The Balaban J connectivity index is 0.0000000948. The largest absolute Gasteiger partial charge is 0.0856 e. The topological polar surface area (TPSA) is 0 Å². The highest BCUT2D eigenvalue weighted by Crippen LogP contribution is 2.82. The van der Waals surface area contributed by atoms with Crippen LogP contribution in [0.25, 0.3) is 0 Å². The van der Waals surface area contributed by atoms with Gasteiger partial charge in [-0.25, -0.2) is 0 Å². The van der Waals surface area contributed by atoms with Crippen LogP contribution in [0.1, 0.15) is 143 Å². The Labute approximate surface area is 200 Å². The molecular weight excluding hydrogens is 384 g/mol. The molecule has 0 aromatic rings. The molecule has 6 fully saturated rings. The average molecular weight is 437 g/mol. The van der Waals surface area contributed by atoms with Gasteiger partial charge in [-0.05, 0) is 131 Å². The normalized spacial score (nSPS) is 46.2. The van der Waals surface area contributed by atoms with Gasteiger partial charge in [0.15, 0.2) is 0 Å². The molecule has 180 valence electrons. The monoisotopic (exact) mass is 436 g/mol. The van der Waals surface area contributed by atoms with E-state index in [0.717, 1.165) is 33.5 Å². The van der Waals surface area contributed by atoms with Crippen LogP contribution in [0.15, 0.2) is 23.3 Å². The summed E-state index contributed by atoms with van der Waals surface area (Å²) in [7, 11) is 0. The summed E-state index contributed by atoms with van der Waals surface area (Å²) >= 11 is 0. The molecule has 4 atom stereocenters. The summed E-state index contributed by atoms with van der Waals surface area (Å²) in [6, 6.07) is 0. The molecule has 0 aliphatic heterocycles. The van der Waals surface area contributed by atoms with E-state index >= 15 is 0 Å². The summed E-state index contributed by atoms with van der Waals surface area (Å²) in [6.07, 6.45) is 31.8. The summed E-state index contributed by atoms with van der Waals surface area (Å²) in [5.41, 5.74) is 6.77. The van der Waals surface area contributed by atoms with E-state index in [-0.39, 0.29) is 0 Å². The lowest BCUT2D eigenvalue weighted by molar-refractivity contribution is 0.346. The number of rotatable bonds is 0. The fraction of sp³-hybridized carbons (Fsp3) is 0.875. The van der Waals surface area contributed by atoms with Crippen LogP contribution in [-0.4, -0.2) is 0 Å². The molecule has 8 aliphatic carbocycles. The lowest BCUT2D eigenvalue weighted by atomic mass is 9.83. The van der Waals surface area contributed by atoms with Crippen molar-refractivity contribution in [2.45, 2.75) is 143 Å². The molecule has 4 unspecified atom stereocenters. The van der Waals surface area contributed by atoms with Crippen molar-refractivity contribution >= 4 is 0 Å². The third-order valence-corrected chi connectivity index (χ3v) is 11.6. The average Bonchev–Trinajstić information content (AvgIpc) is 3.14. The minimum absolute atomic E-state index is 0.839. The second-order valence-corrected chi connectivity index (χ2v) is 14.1. The zero-order valence-electron chi connectivity index (χ0n) is 22.0. The van der Waals surface area contributed by atoms with Crippen molar-refractivity contribution in [3.63, 3.8) is 0 Å². The summed E-state index contributed by atoms with van der Waals surface area (Å²) in [4.78, 5) is 0. The van der Waals surface area contributed by atoms with Gasteiger partial charge < -0.3 is 0 Å². The molecule has 0 radical (unpaired) electrons. The third kappa shape index (κ3) is 4.20. The SMILES string of the molecule is CC1=CCC23CCCC2(C1)C3.CC1=CCCC1.CC1CC23CCCC2(C1)C3.CC1CCC1. The standard InChI is InChI=1S/C11H16.C10H16.C6H10.C5H10/c1-9-3-6-10-4-2-5-11(10,7-9)8-10;1-8-5-9-3-2-4-10(9,6-8)7-9;1-6-4-2-3-5-6;1-5-3-2-4-5/h3H,2,4-8H2,1H3;8H,2-7H2,1H3;4H,2-3,5H2,1H3;5H,2-4H2,1H3. The molecule has 0 saturated heterocycles. The van der Waals surface area contributed by atoms with Crippen molar-refractivity contribution in [3.8, 4) is 0 Å². The maximum atomic E-state index is 2.50. The van der Waals surface area contributed by atoms with E-state index in [4.69, 9.17) is 0 Å². The second-order valence-electron chi connectivity index (χ2n) is 14.1. The lowest BCUT2D eigenvalue weighted by Crippen LogP contribution is -2.11. The molecule has 0 bridgehead atoms. The van der Waals surface area contributed by atoms with Gasteiger partial charge in [-0.1, -0.05) is 69.2 Å². The van der Waals surface area contributed by atoms with Gasteiger partial charge in [0.2, 0.25) is 0 Å². The molecule has 0 nitrogen and oxygen atoms in total. The quantitative estimate of drug-likeness (QED) is 0.331. The maximum absolute atomic E-state index is 2.50. The zero-order valence-corrected chi connectivity index (χ0v) is 22.0. The van der Waals surface area contributed by atoms with E-state index in [1.165, 1.54) is 70.6 Å². The van der Waals surface area contributed by atoms with Crippen molar-refractivity contribution in [3.05, 3.63) is 23.3 Å². The van der Waals surface area contributed by atoms with Crippen molar-refractivity contribution in [1.82, 2.24) is 0 Å². The predicted octanol–water partition coefficient (Wildman–Crippen LogP) is 10.2. The smallest absolute Gasteiger partial charge is 0.0195 e. The fourth-order valence-corrected chi connectivity index (χ4v) is 9.49. The Bertz CT molecular complexity index is 726. The number of allylic oxidation sites excluding steroid dienone is 4. The molecular formula is C32H52. The van der Waals surface area contributed by atoms with Gasteiger partial charge in [0, 0.05) is 0 Å². The summed E-state index contributed by atoms with van der Waals surface area (Å²) in [5.74, 6) is 2.13. The Kier molecular flexibility index (Phi) is 6.25. The summed E-state index contributed by atoms with van der Waals surface area (Å²) in [5, 5.41) is 0. The van der Waals surface area contributed by atoms with Crippen LogP contribution in [0.2, 0.25) is 0 Å². The minimum Gasteiger partial charge on any atom is -0.0856 e. The summed E-state index contributed by atoms with van der Waals surface area (Å²) in [6.45, 7) is 9.27. The van der Waals surface area contributed by atoms with E-state index in [1.807, 2.05) is 0 Å². The maximum Gasteiger partial charge on any atom is -0.0195 e. The van der Waals surface area contributed by atoms with Crippen molar-refractivity contribution < 1.29 is 0 Å². The third-order valence-electron chi connectivity index (χ3n) is 11.6. The first kappa shape index (κ1) is 23.2. The fourth-order valence-electron chi connectivity index (χ4n) is 9.49. The molecule has 0 spiro atoms. The van der Waals surface area contributed by atoms with Crippen molar-refractivity contribution in [2.24, 2.45) is 33.5 Å². The van der Waals surface area contributed by atoms with Crippen molar-refractivity contribution in [2.75, 3.05) is 0 Å². The molecule has 0 aromatic carbocycles. The molecule has 6 saturated carbocycles. The molecule has 0 amide bonds. The van der Waals surface area contributed by atoms with E-state index in [1.54, 1.807) is 56.1 Å². The first-order valence-electron chi connectivity index (χ1n) is 14.6. The Hall–Kier alpha value is -0.520. The van der Waals surface area contributed by atoms with Gasteiger partial charge in [0.25, 0.3) is 0 Å². The van der Waals surface area contributed by atoms with Gasteiger partial charge in [0.1, 0.15) is 0 Å². The molecule has 8 aliphatic rings. The molecule has 0 heteroatoms. The summed E-state index contributed by atoms with van der Waals surface area (Å²) < 4.78 is 0. The first-order chi connectivity index (χ1) is 15.3. The van der Waals surface area contributed by atoms with Crippen LogP contribution in [0.4, 0.5) is 0 Å². The molecule has 0 N–H and O–H groups in total. The number of hydrogen-bond donors (Lipinski definition) is 0. The van der Waals surface area contributed by atoms with Crippen LogP contribution < -0.4 is 0 Å². The predicted molar refractivity (Wildman–Crippen MR) is 139 cm³/mol. The number of hydrogen-bond acceptors (Lipinski definition) is 0. The highest BCUT2D eigenvalue weighted by molar-refractivity contribution is 5.28. The van der Waals surface area contributed by atoms with Crippen LogP contribution in [0, 0.1) is 33.5 Å². The molecule has 0 heterocycles. The highest BCUT2D eigenvalue weighted by atomic mass is 14.8. The minimum atomic E-state index is 0.839. The second kappa shape index (κ2) is 8.61. The van der Waals surface area contributed by atoms with E-state index < -0.39 is 0 Å². The van der Waals surface area contributed by atoms with Crippen LogP contribution in [0.3, 0.4) is 0 Å². The Morgan fingerprint density at radius 2 is 1.25 bits per heavy atom.